The first-order valence-corrected chi connectivity index (χ1v) is 37.4. The number of likely N-dealkylation sites (N-methyl/N-ethyl adjacent to an activating group) is 3. The van der Waals surface area contributed by atoms with Gasteiger partial charge in [-0.3, -0.25) is 52.9 Å². The third-order valence-electron chi connectivity index (χ3n) is 18.5. The van der Waals surface area contributed by atoms with Crippen LogP contribution in [0.4, 0.5) is 30.2 Å². The van der Waals surface area contributed by atoms with Gasteiger partial charge >= 0.3 is 12.1 Å². The minimum Gasteiger partial charge on any atom is -0.481 e. The smallest absolute Gasteiger partial charge is 0.452 e. The van der Waals surface area contributed by atoms with E-state index in [1.165, 1.54) is 23.6 Å². The summed E-state index contributed by atoms with van der Waals surface area (Å²) in [6, 6.07) is 51.7. The maximum absolute atomic E-state index is 13.5. The maximum Gasteiger partial charge on any atom is 0.452 e. The number of carboxylic acid groups (broad SMARTS) is 1. The van der Waals surface area contributed by atoms with Crippen LogP contribution in [0.5, 0.6) is 0 Å². The number of hydrogen-bond donors (Lipinski definition) is 5. The number of hydrogen-bond acceptors (Lipinski definition) is 14. The van der Waals surface area contributed by atoms with Crippen LogP contribution in [0, 0.1) is 53.3 Å². The van der Waals surface area contributed by atoms with Crippen molar-refractivity contribution in [1.82, 2.24) is 10.6 Å². The summed E-state index contributed by atoms with van der Waals surface area (Å²) in [5.74, 6) is -8.26. The first-order chi connectivity index (χ1) is 52.9. The number of Topliss-reactive ketones (excluding diaryl/α,β-unsaturated/α-hetero) is 3. The second-order valence-electron chi connectivity index (χ2n) is 28.3. The van der Waals surface area contributed by atoms with Gasteiger partial charge in [-0.1, -0.05) is 229 Å². The Bertz CT molecular complexity index is 4230. The number of allylic oxidation sites excluding steroid dienone is 3. The molecule has 3 heterocycles. The predicted molar refractivity (Wildman–Crippen MR) is 436 cm³/mol. The van der Waals surface area contributed by atoms with E-state index in [9.17, 15) is 61.1 Å². The van der Waals surface area contributed by atoms with E-state index in [2.05, 4.69) is 58.6 Å². The summed E-state index contributed by atoms with van der Waals surface area (Å²) in [7, 11) is 5.08. The fourth-order valence-corrected chi connectivity index (χ4v) is 13.2. The van der Waals surface area contributed by atoms with Gasteiger partial charge in [-0.05, 0) is 88.3 Å². The molecule has 3 aliphatic rings. The number of nitrogens with one attached hydrogen (secondary N) is 2. The molecular weight excluding hydrogens is 1480 g/mol. The molecule has 0 saturated carbocycles. The molecule has 0 fully saturated rings. The van der Waals surface area contributed by atoms with Crippen LogP contribution in [0.2, 0.25) is 0 Å². The summed E-state index contributed by atoms with van der Waals surface area (Å²) < 4.78 is 33.5. The number of carboxylic acids is 1. The zero-order chi connectivity index (χ0) is 83.4. The second-order valence-corrected chi connectivity index (χ2v) is 29.4. The molecule has 3 aliphatic heterocycles. The van der Waals surface area contributed by atoms with Crippen LogP contribution in [-0.4, -0.2) is 132 Å². The van der Waals surface area contributed by atoms with Crippen molar-refractivity contribution in [2.45, 2.75) is 123 Å². The molecule has 0 radical (unpaired) electrons. The van der Waals surface area contributed by atoms with Crippen molar-refractivity contribution in [2.75, 3.05) is 35.8 Å². The Morgan fingerprint density at radius 3 is 1.04 bits per heavy atom. The third-order valence-corrected chi connectivity index (χ3v) is 18.9. The van der Waals surface area contributed by atoms with Gasteiger partial charge in [0.25, 0.3) is 23.5 Å². The highest BCUT2D eigenvalue weighted by Gasteiger charge is 2.43. The number of fused-ring (bicyclic) bond motifs is 3. The molecule has 21 nitrogen and oxygen atoms in total. The van der Waals surface area contributed by atoms with E-state index >= 15 is 0 Å². The molecule has 0 saturated heterocycles. The Morgan fingerprint density at radius 2 is 0.759 bits per heavy atom. The summed E-state index contributed by atoms with van der Waals surface area (Å²) in [6.07, 6.45) is -0.549. The Labute approximate surface area is 663 Å². The maximum atomic E-state index is 13.5. The van der Waals surface area contributed by atoms with Crippen LogP contribution in [0.25, 0.3) is 0 Å². The van der Waals surface area contributed by atoms with Crippen molar-refractivity contribution in [3.8, 4) is 0 Å². The van der Waals surface area contributed by atoms with Crippen molar-refractivity contribution in [2.24, 2.45) is 79.7 Å². The first kappa shape index (κ1) is 91.8. The lowest BCUT2D eigenvalue weighted by Crippen LogP contribution is -2.50. The zero-order valence-corrected chi connectivity index (χ0v) is 66.5. The Kier molecular flexibility index (Phi) is 35.8. The largest absolute Gasteiger partial charge is 0.481 e. The molecular formula is C86H101Cl2F3N10O11. The quantitative estimate of drug-likeness (QED) is 0.0237. The van der Waals surface area contributed by atoms with Crippen molar-refractivity contribution >= 4 is 116 Å². The van der Waals surface area contributed by atoms with Crippen molar-refractivity contribution in [3.63, 3.8) is 0 Å². The number of para-hydroxylation sites is 3. The molecule has 6 amide bonds. The van der Waals surface area contributed by atoms with Crippen molar-refractivity contribution < 1.29 is 66.2 Å². The van der Waals surface area contributed by atoms with Gasteiger partial charge in [0, 0.05) is 72.3 Å². The molecule has 26 heteroatoms. The number of nitrogens with zero attached hydrogens (tertiary/aromatic N) is 6. The van der Waals surface area contributed by atoms with E-state index in [1.807, 2.05) is 205 Å². The van der Waals surface area contributed by atoms with Crippen molar-refractivity contribution in [1.29, 1.82) is 0 Å². The van der Waals surface area contributed by atoms with Gasteiger partial charge in [0.15, 0.2) is 11.0 Å². The fraction of sp³-hybridized carbons (Fsp3) is 0.360. The van der Waals surface area contributed by atoms with Crippen LogP contribution in [0.15, 0.2) is 217 Å². The minimum absolute atomic E-state index is 0.0640. The second kappa shape index (κ2) is 43.7. The van der Waals surface area contributed by atoms with Gasteiger partial charge in [0.1, 0.15) is 11.6 Å². The van der Waals surface area contributed by atoms with Crippen LogP contribution in [0.1, 0.15) is 127 Å². The van der Waals surface area contributed by atoms with Crippen LogP contribution in [0.3, 0.4) is 0 Å². The van der Waals surface area contributed by atoms with E-state index < -0.39 is 88.6 Å². The molecule has 6 aromatic carbocycles. The number of halogens is 5. The summed E-state index contributed by atoms with van der Waals surface area (Å²) in [6.45, 7) is 25.8. The Balaban J connectivity index is 0.000000268. The van der Waals surface area contributed by atoms with E-state index in [1.54, 1.807) is 44.3 Å². The van der Waals surface area contributed by atoms with Gasteiger partial charge < -0.3 is 41.9 Å². The summed E-state index contributed by atoms with van der Waals surface area (Å²) in [4.78, 5) is 139. The summed E-state index contributed by atoms with van der Waals surface area (Å²) in [5.41, 5.74) is 20.9. The molecule has 0 spiro atoms. The number of anilines is 3. The molecule has 0 aliphatic carbocycles. The fourth-order valence-electron chi connectivity index (χ4n) is 13.0. The highest BCUT2D eigenvalue weighted by molar-refractivity contribution is 6.54. The number of carbonyl (C=O) groups excluding carboxylic acids is 9. The molecule has 0 bridgehead atoms. The van der Waals surface area contributed by atoms with Gasteiger partial charge in [0.05, 0.1) is 52.0 Å². The normalized spacial score (nSPS) is 16.7. The van der Waals surface area contributed by atoms with Gasteiger partial charge in [0.2, 0.25) is 30.1 Å². The average molecular weight is 1580 g/mol. The first-order valence-electron chi connectivity index (χ1n) is 36.5. The molecule has 9 atom stereocenters. The monoisotopic (exact) mass is 1580 g/mol. The van der Waals surface area contributed by atoms with Crippen LogP contribution in [-0.2, 0) is 47.9 Å². The minimum atomic E-state index is -4.92. The average Bonchev–Trinajstić information content (AvgIpc) is 1.65. The topological polar surface area (TPSA) is 314 Å². The van der Waals surface area contributed by atoms with Gasteiger partial charge in [-0.25, -0.2) is 9.98 Å². The number of benzene rings is 6. The van der Waals surface area contributed by atoms with Crippen LogP contribution >= 0.6 is 23.2 Å². The van der Waals surface area contributed by atoms with Crippen LogP contribution < -0.4 is 36.8 Å². The molecule has 7 N–H and O–H groups in total. The molecule has 6 aromatic rings. The highest BCUT2D eigenvalue weighted by Crippen LogP contribution is 2.34. The van der Waals surface area contributed by atoms with E-state index in [0.29, 0.717) is 49.2 Å². The predicted octanol–water partition coefficient (Wildman–Crippen LogP) is 13.9. The zero-order valence-electron chi connectivity index (χ0n) is 64.9. The van der Waals surface area contributed by atoms with Gasteiger partial charge in [-0.15, -0.1) is 19.7 Å². The summed E-state index contributed by atoms with van der Waals surface area (Å²) in [5, 5.41) is 14.8. The number of benzodiazepines with no additional fused rings is 3. The van der Waals surface area contributed by atoms with E-state index in [4.69, 9.17) is 26.6 Å². The number of amides is 6. The lowest BCUT2D eigenvalue weighted by molar-refractivity contribution is -0.169. The number of primary amides is 1. The number of aliphatic imine (C=N–C) groups is 3. The molecule has 596 valence electrons. The number of nitrogens with two attached hydrogens (primary N) is 2. The Hall–Kier alpha value is -10.8. The standard InChI is InChI=1S/C28H33N3O3.C27H32N4O3.C16H15N3O.C12H20O3.C3HCl2F3O/c1-6-12-21(19(4)32)23(17-18(2)3)27(33)30-26-28(34)31(5)24-16-11-10-15-22(24)25(29-26)20-13-8-7-9-14-20;1-5-11-19(24(28)32)21(16-17(2)3)26(33)30-25-27(34)31(4)22-15-10-9-14-20(22)23(29-25)18-12-7-6-8-13-18;1-19-13-10-6-5-9-12(13)14(18-15(17)16(19)20)11-7-3-2-4-8-11;1-5-6-10(9(4)13)11(12(14)15)7-8(2)3;4-2(5)1(9)3(6,7)8/h6-11,13-16,18,21,23,26H,1,12,17H2,2-5H3,(H,30,33);5-10,12-15,17,19,21,25H,1,11,16H2,2-4H3,(H2,28,32)(H,30,33);2-10,15H,17H2,1H3;5,8,10-11H,1,6-7H2,2-4H3,(H,14,15);2H/t21-,23-,26?;19-,21+,25?;;10-,11-;/m10.1./s1. The summed E-state index contributed by atoms with van der Waals surface area (Å²) >= 11 is 9.22. The molecule has 112 heavy (non-hydrogen) atoms. The number of carbonyl (C=O) groups is 10. The third kappa shape index (κ3) is 25.6. The highest BCUT2D eigenvalue weighted by atomic mass is 35.5. The number of alkyl halides is 5. The van der Waals surface area contributed by atoms with Gasteiger partial charge in [-0.2, -0.15) is 13.2 Å². The number of rotatable bonds is 27. The SMILES string of the molecule is C=CC[C@H](C(C)=O)[C@@H](CC(C)C)C(=O)NC1N=C(c2ccccc2)c2ccccc2N(C)C1=O.C=CC[C@H](C(C)=O)[C@@H](CC(C)C)C(=O)O.C=CC[C@H](C(N)=O)[C@@H](CC(C)C)C(=O)NC1N=C(c2ccccc2)c2ccccc2N(C)C1=O.CN1C(=O)C(N)N=C(c2ccccc2)c2ccccc21.O=C(C(Cl)Cl)C(F)(F)F. The Morgan fingerprint density at radius 1 is 0.473 bits per heavy atom. The van der Waals surface area contributed by atoms with Crippen molar-refractivity contribution in [3.05, 3.63) is 235 Å². The number of ketones is 3. The van der Waals surface area contributed by atoms with E-state index in [0.717, 1.165) is 50.5 Å². The molecule has 3 unspecified atom stereocenters. The lowest BCUT2D eigenvalue weighted by atomic mass is 9.80. The molecule has 9 rings (SSSR count). The van der Waals surface area contributed by atoms with E-state index in [-0.39, 0.29) is 59.4 Å². The lowest BCUT2D eigenvalue weighted by Gasteiger charge is -2.27. The number of aliphatic carboxylic acids is 1. The molecule has 0 aromatic heterocycles.